The van der Waals surface area contributed by atoms with E-state index in [-0.39, 0.29) is 18.3 Å². The first kappa shape index (κ1) is 18.4. The standard InChI is InChI=1S/C13H19BrN2O2.ClH/c1-18-9-8-15-6-7-16-13(17)10-11-2-4-12(14)5-3-11;/h2-5,15H,6-10H2,1H3,(H,16,17);1H. The van der Waals surface area contributed by atoms with Gasteiger partial charge in [-0.15, -0.1) is 12.4 Å². The Morgan fingerprint density at radius 3 is 2.53 bits per heavy atom. The molecule has 0 fully saturated rings. The minimum Gasteiger partial charge on any atom is -0.383 e. The maximum atomic E-state index is 11.6. The minimum atomic E-state index is 0. The normalized spacial score (nSPS) is 9.79. The molecule has 4 nitrogen and oxygen atoms in total. The van der Waals surface area contributed by atoms with Crippen LogP contribution in [0, 0.1) is 0 Å². The lowest BCUT2D eigenvalue weighted by Gasteiger charge is -2.06. The molecule has 0 saturated heterocycles. The van der Waals surface area contributed by atoms with Gasteiger partial charge in [0, 0.05) is 31.2 Å². The first-order valence-electron chi connectivity index (χ1n) is 5.93. The fourth-order valence-corrected chi connectivity index (χ4v) is 1.70. The Morgan fingerprint density at radius 2 is 1.89 bits per heavy atom. The highest BCUT2D eigenvalue weighted by Crippen LogP contribution is 2.10. The highest BCUT2D eigenvalue weighted by atomic mass is 79.9. The molecular formula is C13H20BrClN2O2. The number of nitrogens with one attached hydrogen (secondary N) is 2. The number of carbonyl (C=O) groups is 1. The third-order valence-electron chi connectivity index (χ3n) is 2.38. The SMILES string of the molecule is COCCNCCNC(=O)Cc1ccc(Br)cc1.Cl. The summed E-state index contributed by atoms with van der Waals surface area (Å²) in [6, 6.07) is 7.77. The molecular weight excluding hydrogens is 332 g/mol. The molecule has 0 unspecified atom stereocenters. The quantitative estimate of drug-likeness (QED) is 0.702. The summed E-state index contributed by atoms with van der Waals surface area (Å²) < 4.78 is 5.93. The third kappa shape index (κ3) is 8.99. The van der Waals surface area contributed by atoms with Gasteiger partial charge in [0.25, 0.3) is 0 Å². The van der Waals surface area contributed by atoms with Gasteiger partial charge in [-0.3, -0.25) is 4.79 Å². The zero-order chi connectivity index (χ0) is 13.2. The van der Waals surface area contributed by atoms with Gasteiger partial charge in [0.1, 0.15) is 0 Å². The molecule has 0 bridgehead atoms. The Labute approximate surface area is 128 Å². The maximum absolute atomic E-state index is 11.6. The Balaban J connectivity index is 0.00000324. The predicted octanol–water partition coefficient (Wildman–Crippen LogP) is 1.77. The molecule has 0 aliphatic heterocycles. The van der Waals surface area contributed by atoms with Crippen molar-refractivity contribution < 1.29 is 9.53 Å². The highest BCUT2D eigenvalue weighted by Gasteiger charge is 2.02. The van der Waals surface area contributed by atoms with Crippen LogP contribution in [0.25, 0.3) is 0 Å². The number of hydrogen-bond acceptors (Lipinski definition) is 3. The molecule has 0 atom stereocenters. The van der Waals surface area contributed by atoms with E-state index < -0.39 is 0 Å². The van der Waals surface area contributed by atoms with E-state index >= 15 is 0 Å². The van der Waals surface area contributed by atoms with Crippen LogP contribution >= 0.6 is 28.3 Å². The fraction of sp³-hybridized carbons (Fsp3) is 0.462. The molecule has 0 aromatic heterocycles. The minimum absolute atomic E-state index is 0. The molecule has 19 heavy (non-hydrogen) atoms. The second kappa shape index (κ2) is 11.2. The van der Waals surface area contributed by atoms with Gasteiger partial charge in [-0.25, -0.2) is 0 Å². The smallest absolute Gasteiger partial charge is 0.224 e. The van der Waals surface area contributed by atoms with Crippen molar-refractivity contribution in [3.8, 4) is 0 Å². The van der Waals surface area contributed by atoms with Crippen molar-refractivity contribution >= 4 is 34.2 Å². The van der Waals surface area contributed by atoms with E-state index in [4.69, 9.17) is 4.74 Å². The first-order chi connectivity index (χ1) is 8.72. The van der Waals surface area contributed by atoms with Crippen molar-refractivity contribution in [1.82, 2.24) is 10.6 Å². The van der Waals surface area contributed by atoms with E-state index in [1.165, 1.54) is 0 Å². The van der Waals surface area contributed by atoms with Crippen LogP contribution in [0.3, 0.4) is 0 Å². The van der Waals surface area contributed by atoms with E-state index in [9.17, 15) is 4.79 Å². The molecule has 0 heterocycles. The number of ether oxygens (including phenoxy) is 1. The van der Waals surface area contributed by atoms with Gasteiger partial charge in [0.2, 0.25) is 5.91 Å². The summed E-state index contributed by atoms with van der Waals surface area (Å²) in [5, 5.41) is 6.04. The number of rotatable bonds is 8. The largest absolute Gasteiger partial charge is 0.383 e. The van der Waals surface area contributed by atoms with Crippen LogP contribution in [-0.4, -0.2) is 39.3 Å². The Morgan fingerprint density at radius 1 is 1.21 bits per heavy atom. The summed E-state index contributed by atoms with van der Waals surface area (Å²) in [4.78, 5) is 11.6. The Kier molecular flexibility index (Phi) is 10.9. The average molecular weight is 352 g/mol. The molecule has 1 aromatic carbocycles. The van der Waals surface area contributed by atoms with E-state index in [0.717, 1.165) is 23.1 Å². The predicted molar refractivity (Wildman–Crippen MR) is 82.8 cm³/mol. The van der Waals surface area contributed by atoms with Crippen LogP contribution in [0.15, 0.2) is 28.7 Å². The lowest BCUT2D eigenvalue weighted by atomic mass is 10.1. The zero-order valence-corrected chi connectivity index (χ0v) is 13.4. The zero-order valence-electron chi connectivity index (χ0n) is 10.9. The molecule has 0 aliphatic carbocycles. The topological polar surface area (TPSA) is 50.4 Å². The van der Waals surface area contributed by atoms with E-state index in [0.29, 0.717) is 19.6 Å². The molecule has 0 spiro atoms. The first-order valence-corrected chi connectivity index (χ1v) is 6.72. The number of amides is 1. The van der Waals surface area contributed by atoms with E-state index in [1.54, 1.807) is 7.11 Å². The molecule has 1 aromatic rings. The van der Waals surface area contributed by atoms with Crippen LogP contribution in [0.1, 0.15) is 5.56 Å². The summed E-state index contributed by atoms with van der Waals surface area (Å²) in [6.45, 7) is 2.89. The lowest BCUT2D eigenvalue weighted by Crippen LogP contribution is -2.33. The van der Waals surface area contributed by atoms with E-state index in [2.05, 4.69) is 26.6 Å². The van der Waals surface area contributed by atoms with E-state index in [1.807, 2.05) is 24.3 Å². The van der Waals surface area contributed by atoms with Crippen LogP contribution in [-0.2, 0) is 16.0 Å². The van der Waals surface area contributed by atoms with Gasteiger partial charge in [0.05, 0.1) is 13.0 Å². The summed E-state index contributed by atoms with van der Waals surface area (Å²) in [7, 11) is 1.67. The number of halogens is 2. The summed E-state index contributed by atoms with van der Waals surface area (Å²) in [5.74, 6) is 0.0471. The molecule has 1 amide bonds. The van der Waals surface area contributed by atoms with Crippen LogP contribution in [0.5, 0.6) is 0 Å². The van der Waals surface area contributed by atoms with Crippen molar-refractivity contribution in [3.63, 3.8) is 0 Å². The third-order valence-corrected chi connectivity index (χ3v) is 2.91. The van der Waals surface area contributed by atoms with Gasteiger partial charge in [0.15, 0.2) is 0 Å². The number of benzene rings is 1. The number of carbonyl (C=O) groups excluding carboxylic acids is 1. The van der Waals surface area contributed by atoms with Gasteiger partial charge in [-0.2, -0.15) is 0 Å². The van der Waals surface area contributed by atoms with Crippen molar-refractivity contribution in [2.75, 3.05) is 33.4 Å². The molecule has 1 rings (SSSR count). The molecule has 108 valence electrons. The Hall–Kier alpha value is -0.620. The monoisotopic (exact) mass is 350 g/mol. The molecule has 0 aliphatic rings. The van der Waals surface area contributed by atoms with Crippen molar-refractivity contribution in [3.05, 3.63) is 34.3 Å². The Bertz CT molecular complexity index is 360. The number of hydrogen-bond donors (Lipinski definition) is 2. The van der Waals surface area contributed by atoms with Crippen LogP contribution < -0.4 is 10.6 Å². The average Bonchev–Trinajstić information content (AvgIpc) is 2.36. The fourth-order valence-electron chi connectivity index (χ4n) is 1.44. The molecule has 2 N–H and O–H groups in total. The van der Waals surface area contributed by atoms with Crippen molar-refractivity contribution in [2.24, 2.45) is 0 Å². The molecule has 6 heteroatoms. The second-order valence-electron chi connectivity index (χ2n) is 3.90. The maximum Gasteiger partial charge on any atom is 0.224 e. The molecule has 0 radical (unpaired) electrons. The van der Waals surface area contributed by atoms with Crippen molar-refractivity contribution in [1.29, 1.82) is 0 Å². The summed E-state index contributed by atoms with van der Waals surface area (Å²) in [6.07, 6.45) is 0.422. The second-order valence-corrected chi connectivity index (χ2v) is 4.81. The highest BCUT2D eigenvalue weighted by molar-refractivity contribution is 9.10. The summed E-state index contributed by atoms with van der Waals surface area (Å²) >= 11 is 3.36. The van der Waals surface area contributed by atoms with Gasteiger partial charge in [-0.05, 0) is 17.7 Å². The molecule has 0 saturated carbocycles. The van der Waals surface area contributed by atoms with Gasteiger partial charge < -0.3 is 15.4 Å². The van der Waals surface area contributed by atoms with Crippen molar-refractivity contribution in [2.45, 2.75) is 6.42 Å². The van der Waals surface area contributed by atoms with Gasteiger partial charge in [-0.1, -0.05) is 28.1 Å². The number of methoxy groups -OCH3 is 1. The summed E-state index contributed by atoms with van der Waals surface area (Å²) in [5.41, 5.74) is 1.02. The van der Waals surface area contributed by atoms with Gasteiger partial charge >= 0.3 is 0 Å². The lowest BCUT2D eigenvalue weighted by molar-refractivity contribution is -0.120. The van der Waals surface area contributed by atoms with Crippen LogP contribution in [0.4, 0.5) is 0 Å². The van der Waals surface area contributed by atoms with Crippen LogP contribution in [0.2, 0.25) is 0 Å².